The number of ketones is 1. The average molecular weight is 502 g/mol. The number of methoxy groups -OCH3 is 1. The van der Waals surface area contributed by atoms with E-state index in [0.29, 0.717) is 53.0 Å². The molecule has 0 aliphatic carbocycles. The number of ether oxygens (including phenoxy) is 4. The lowest BCUT2D eigenvalue weighted by atomic mass is 9.95. The van der Waals surface area contributed by atoms with Crippen LogP contribution in [0, 0.1) is 0 Å². The average Bonchev–Trinajstić information content (AvgIpc) is 3.18. The number of nitrogens with zero attached hydrogens (tertiary/aromatic N) is 1. The van der Waals surface area contributed by atoms with E-state index >= 15 is 0 Å². The van der Waals surface area contributed by atoms with E-state index in [4.69, 9.17) is 18.9 Å². The third-order valence-electron chi connectivity index (χ3n) is 6.18. The second-order valence-electron chi connectivity index (χ2n) is 8.96. The number of benzene rings is 3. The molecule has 1 atom stereocenters. The van der Waals surface area contributed by atoms with Crippen molar-refractivity contribution >= 4 is 23.1 Å². The lowest BCUT2D eigenvalue weighted by Gasteiger charge is -2.26. The zero-order chi connectivity index (χ0) is 26.1. The van der Waals surface area contributed by atoms with Gasteiger partial charge in [-0.15, -0.1) is 0 Å². The summed E-state index contributed by atoms with van der Waals surface area (Å²) in [5, 5.41) is 11.4. The summed E-state index contributed by atoms with van der Waals surface area (Å²) in [4.78, 5) is 28.2. The number of aliphatic hydroxyl groups is 1. The Balaban J connectivity index is 1.64. The first-order valence-electron chi connectivity index (χ1n) is 12.0. The first-order chi connectivity index (χ1) is 17.9. The summed E-state index contributed by atoms with van der Waals surface area (Å²) in [6, 6.07) is 18.1. The second-order valence-corrected chi connectivity index (χ2v) is 8.96. The Morgan fingerprint density at radius 1 is 0.919 bits per heavy atom. The largest absolute Gasteiger partial charge is 0.507 e. The highest BCUT2D eigenvalue weighted by molar-refractivity contribution is 6.51. The van der Waals surface area contributed by atoms with Gasteiger partial charge in [0.2, 0.25) is 0 Å². The number of hydrogen-bond acceptors (Lipinski definition) is 7. The SMILES string of the molecule is COc1ccc(N2C(=O)C(=O)/C(=C(\O)c3ccc4c(c3)OCCO4)C2c2ccc(OC(C)C)cc2)cc1. The molecule has 2 heterocycles. The van der Waals surface area contributed by atoms with Gasteiger partial charge in [-0.2, -0.15) is 0 Å². The first-order valence-corrected chi connectivity index (χ1v) is 12.0. The van der Waals surface area contributed by atoms with Crippen LogP contribution in [0.4, 0.5) is 5.69 Å². The van der Waals surface area contributed by atoms with E-state index in [0.717, 1.165) is 0 Å². The van der Waals surface area contributed by atoms with E-state index in [-0.39, 0.29) is 17.4 Å². The van der Waals surface area contributed by atoms with Crippen molar-refractivity contribution in [2.75, 3.05) is 25.2 Å². The number of hydrogen-bond donors (Lipinski definition) is 1. The maximum absolute atomic E-state index is 13.4. The molecule has 1 amide bonds. The maximum Gasteiger partial charge on any atom is 0.300 e. The first kappa shape index (κ1) is 24.2. The molecule has 1 N–H and O–H groups in total. The minimum Gasteiger partial charge on any atom is -0.507 e. The van der Waals surface area contributed by atoms with Gasteiger partial charge in [-0.05, 0) is 74.0 Å². The van der Waals surface area contributed by atoms with Gasteiger partial charge in [-0.3, -0.25) is 14.5 Å². The standard InChI is InChI=1S/C29H27NO7/c1-17(2)37-22-9-4-18(5-10-22)26-25(27(31)19-6-13-23-24(16-19)36-15-14-35-23)28(32)29(33)30(26)20-7-11-21(34-3)12-8-20/h4-13,16-17,26,31H,14-15H2,1-3H3/b27-25-. The summed E-state index contributed by atoms with van der Waals surface area (Å²) in [5.74, 6) is 0.479. The molecule has 5 rings (SSSR count). The van der Waals surface area contributed by atoms with Crippen LogP contribution >= 0.6 is 0 Å². The van der Waals surface area contributed by atoms with Crippen molar-refractivity contribution in [3.63, 3.8) is 0 Å². The van der Waals surface area contributed by atoms with E-state index in [9.17, 15) is 14.7 Å². The third kappa shape index (κ3) is 4.58. The number of carbonyl (C=O) groups excluding carboxylic acids is 2. The molecule has 3 aromatic rings. The van der Waals surface area contributed by atoms with Crippen molar-refractivity contribution in [3.8, 4) is 23.0 Å². The van der Waals surface area contributed by atoms with Crippen molar-refractivity contribution in [1.82, 2.24) is 0 Å². The fraction of sp³-hybridized carbons (Fsp3) is 0.241. The molecule has 0 radical (unpaired) electrons. The Morgan fingerprint density at radius 2 is 1.57 bits per heavy atom. The number of rotatable bonds is 6. The highest BCUT2D eigenvalue weighted by Crippen LogP contribution is 2.43. The maximum atomic E-state index is 13.4. The minimum atomic E-state index is -0.866. The predicted octanol–water partition coefficient (Wildman–Crippen LogP) is 4.88. The summed E-state index contributed by atoms with van der Waals surface area (Å²) < 4.78 is 22.2. The molecule has 2 aliphatic heterocycles. The summed E-state index contributed by atoms with van der Waals surface area (Å²) in [6.45, 7) is 4.67. The summed E-state index contributed by atoms with van der Waals surface area (Å²) in [7, 11) is 1.55. The van der Waals surface area contributed by atoms with Crippen LogP contribution in [0.1, 0.15) is 31.0 Å². The molecule has 37 heavy (non-hydrogen) atoms. The smallest absolute Gasteiger partial charge is 0.300 e. The molecular formula is C29H27NO7. The normalized spacial score (nSPS) is 18.3. The monoisotopic (exact) mass is 501 g/mol. The molecular weight excluding hydrogens is 474 g/mol. The van der Waals surface area contributed by atoms with Gasteiger partial charge in [0.05, 0.1) is 24.8 Å². The van der Waals surface area contributed by atoms with Gasteiger partial charge in [0, 0.05) is 11.3 Å². The van der Waals surface area contributed by atoms with Crippen LogP contribution in [0.2, 0.25) is 0 Å². The van der Waals surface area contributed by atoms with Gasteiger partial charge >= 0.3 is 0 Å². The van der Waals surface area contributed by atoms with Crippen molar-refractivity contribution < 1.29 is 33.6 Å². The molecule has 0 aromatic heterocycles. The van der Waals surface area contributed by atoms with E-state index in [1.165, 1.54) is 4.90 Å². The lowest BCUT2D eigenvalue weighted by molar-refractivity contribution is -0.132. The number of fused-ring (bicyclic) bond motifs is 1. The molecule has 8 nitrogen and oxygen atoms in total. The Morgan fingerprint density at radius 3 is 2.22 bits per heavy atom. The van der Waals surface area contributed by atoms with Crippen LogP contribution in [-0.4, -0.2) is 43.2 Å². The number of aliphatic hydroxyl groups excluding tert-OH is 1. The number of carbonyl (C=O) groups is 2. The van der Waals surface area contributed by atoms with Crippen molar-refractivity contribution in [3.05, 3.63) is 83.4 Å². The Bertz CT molecular complexity index is 1360. The Hall–Kier alpha value is -4.46. The summed E-state index contributed by atoms with van der Waals surface area (Å²) in [6.07, 6.45) is -0.00834. The zero-order valence-electron chi connectivity index (χ0n) is 20.8. The van der Waals surface area contributed by atoms with Gasteiger partial charge in [0.1, 0.15) is 30.5 Å². The van der Waals surface area contributed by atoms with E-state index in [1.54, 1.807) is 73.8 Å². The van der Waals surface area contributed by atoms with E-state index < -0.39 is 17.7 Å². The topological polar surface area (TPSA) is 94.5 Å². The van der Waals surface area contributed by atoms with Crippen LogP contribution in [0.25, 0.3) is 5.76 Å². The minimum absolute atomic E-state index is 0.00834. The lowest BCUT2D eigenvalue weighted by Crippen LogP contribution is -2.29. The fourth-order valence-electron chi connectivity index (χ4n) is 4.50. The highest BCUT2D eigenvalue weighted by Gasteiger charge is 2.47. The third-order valence-corrected chi connectivity index (χ3v) is 6.18. The van der Waals surface area contributed by atoms with Crippen LogP contribution in [-0.2, 0) is 9.59 Å². The second kappa shape index (κ2) is 9.89. The van der Waals surface area contributed by atoms with Gasteiger partial charge in [0.15, 0.2) is 11.5 Å². The highest BCUT2D eigenvalue weighted by atomic mass is 16.6. The van der Waals surface area contributed by atoms with Crippen molar-refractivity contribution in [2.24, 2.45) is 0 Å². The number of anilines is 1. The van der Waals surface area contributed by atoms with Crippen LogP contribution in [0.3, 0.4) is 0 Å². The number of amides is 1. The van der Waals surface area contributed by atoms with E-state index in [2.05, 4.69) is 0 Å². The molecule has 8 heteroatoms. The molecule has 190 valence electrons. The zero-order valence-corrected chi connectivity index (χ0v) is 20.8. The van der Waals surface area contributed by atoms with Gasteiger partial charge in [-0.1, -0.05) is 12.1 Å². The van der Waals surface area contributed by atoms with Crippen molar-refractivity contribution in [2.45, 2.75) is 26.0 Å². The van der Waals surface area contributed by atoms with Gasteiger partial charge < -0.3 is 24.1 Å². The molecule has 1 saturated heterocycles. The Labute approximate surface area is 214 Å². The summed E-state index contributed by atoms with van der Waals surface area (Å²) in [5.41, 5.74) is 1.47. The molecule has 1 fully saturated rings. The Kier molecular flexibility index (Phi) is 6.48. The quantitative estimate of drug-likeness (QED) is 0.292. The van der Waals surface area contributed by atoms with Crippen LogP contribution in [0.5, 0.6) is 23.0 Å². The molecule has 2 aliphatic rings. The molecule has 1 unspecified atom stereocenters. The molecule has 0 saturated carbocycles. The van der Waals surface area contributed by atoms with Crippen LogP contribution in [0.15, 0.2) is 72.3 Å². The predicted molar refractivity (Wildman–Crippen MR) is 137 cm³/mol. The van der Waals surface area contributed by atoms with Crippen molar-refractivity contribution in [1.29, 1.82) is 0 Å². The van der Waals surface area contributed by atoms with Crippen LogP contribution < -0.4 is 23.8 Å². The van der Waals surface area contributed by atoms with Gasteiger partial charge in [0.25, 0.3) is 11.7 Å². The molecule has 0 bridgehead atoms. The fourth-order valence-corrected chi connectivity index (χ4v) is 4.50. The summed E-state index contributed by atoms with van der Waals surface area (Å²) >= 11 is 0. The van der Waals surface area contributed by atoms with E-state index in [1.807, 2.05) is 13.8 Å². The molecule has 3 aromatic carbocycles. The van der Waals surface area contributed by atoms with Gasteiger partial charge in [-0.25, -0.2) is 0 Å². The number of Topliss-reactive ketones (excluding diaryl/α,β-unsaturated/α-hetero) is 1. The molecule has 0 spiro atoms.